The molecule has 0 aromatic heterocycles. The van der Waals surface area contributed by atoms with Crippen LogP contribution in [0.2, 0.25) is 0 Å². The first-order valence-electron chi connectivity index (χ1n) is 3.77. The molecular formula is C8H12O3PZn. The van der Waals surface area contributed by atoms with E-state index >= 15 is 0 Å². The Hall–Kier alpha value is 0.153. The fourth-order valence-corrected chi connectivity index (χ4v) is 1.45. The Morgan fingerprint density at radius 1 is 1.15 bits per heavy atom. The molecule has 3 nitrogen and oxygen atoms in total. The summed E-state index contributed by atoms with van der Waals surface area (Å²) in [4.78, 5) is 21.7. The van der Waals surface area contributed by atoms with Crippen LogP contribution in [0.3, 0.4) is 0 Å². The summed E-state index contributed by atoms with van der Waals surface area (Å²) in [6.45, 7) is 2.12. The summed E-state index contributed by atoms with van der Waals surface area (Å²) in [7, 11) is -2.62. The van der Waals surface area contributed by atoms with Crippen LogP contribution in [-0.2, 0) is 23.3 Å². The van der Waals surface area contributed by atoms with Crippen LogP contribution < -0.4 is 0 Å². The molecule has 0 spiro atoms. The van der Waals surface area contributed by atoms with Crippen molar-refractivity contribution >= 4 is 8.60 Å². The van der Waals surface area contributed by atoms with Crippen molar-refractivity contribution in [1.29, 1.82) is 0 Å². The maximum absolute atomic E-state index is 7.23. The second-order valence-electron chi connectivity index (χ2n) is 2.50. The molecule has 0 saturated heterocycles. The molecule has 13 heavy (non-hydrogen) atoms. The van der Waals surface area contributed by atoms with Gasteiger partial charge in [0.25, 0.3) is 0 Å². The zero-order valence-corrected chi connectivity index (χ0v) is 11.4. The van der Waals surface area contributed by atoms with Gasteiger partial charge in [-0.1, -0.05) is 0 Å². The Labute approximate surface area is 89.1 Å². The molecule has 0 amide bonds. The quantitative estimate of drug-likeness (QED) is 0.520. The first kappa shape index (κ1) is 13.2. The normalized spacial score (nSPS) is 9.46. The van der Waals surface area contributed by atoms with Crippen LogP contribution in [0, 0.1) is 6.92 Å². The van der Waals surface area contributed by atoms with E-state index in [-0.39, 0.29) is 0 Å². The third-order valence-corrected chi connectivity index (χ3v) is 2.62. The Balaban J connectivity index is 0.000000310. The zero-order chi connectivity index (χ0) is 10.3. The predicted octanol–water partition coefficient (Wildman–Crippen LogP) is 1.23. The van der Waals surface area contributed by atoms with E-state index in [2.05, 4.69) is 31.2 Å². The molecule has 1 aromatic carbocycles. The van der Waals surface area contributed by atoms with E-state index in [1.165, 1.54) is 34.4 Å². The molecule has 0 radical (unpaired) electrons. The molecule has 1 rings (SSSR count). The number of aryl methyl sites for hydroxylation is 1. The van der Waals surface area contributed by atoms with Gasteiger partial charge in [0.05, 0.1) is 0 Å². The average molecular weight is 253 g/mol. The summed E-state index contributed by atoms with van der Waals surface area (Å²) < 4.78 is 0. The van der Waals surface area contributed by atoms with Crippen LogP contribution in [0.25, 0.3) is 0 Å². The van der Waals surface area contributed by atoms with Gasteiger partial charge >= 0.3 is 74.2 Å². The molecular weight excluding hydrogens is 240 g/mol. The van der Waals surface area contributed by atoms with Crippen molar-refractivity contribution < 1.29 is 33.0 Å². The molecule has 0 bridgehead atoms. The maximum atomic E-state index is 7.23. The number of hydrogen-bond donors (Lipinski definition) is 3. The Bertz CT molecular complexity index is 223. The van der Waals surface area contributed by atoms with Gasteiger partial charge in [-0.05, 0) is 0 Å². The standard InChI is InChI=1S/C8H9.H3O3P.Zn/c1-7-3-5-8(2)6-4-7;1-4(2)3;/h3-6H,1H2,2H3;1-3H;. The SMILES string of the molecule is Cc1ccc([CH2][Zn])cc1.OP(O)O. The van der Waals surface area contributed by atoms with Crippen molar-refractivity contribution in [2.75, 3.05) is 0 Å². The minimum atomic E-state index is -2.62. The van der Waals surface area contributed by atoms with Crippen LogP contribution in [0.5, 0.6) is 0 Å². The van der Waals surface area contributed by atoms with E-state index in [1.54, 1.807) is 0 Å². The van der Waals surface area contributed by atoms with Crippen molar-refractivity contribution in [3.8, 4) is 0 Å². The van der Waals surface area contributed by atoms with Gasteiger partial charge < -0.3 is 14.7 Å². The van der Waals surface area contributed by atoms with Gasteiger partial charge in [-0.2, -0.15) is 0 Å². The Morgan fingerprint density at radius 2 is 1.54 bits per heavy atom. The molecule has 0 saturated carbocycles. The van der Waals surface area contributed by atoms with E-state index < -0.39 is 8.60 Å². The molecule has 0 atom stereocenters. The number of rotatable bonds is 1. The van der Waals surface area contributed by atoms with Crippen LogP contribution >= 0.6 is 8.60 Å². The van der Waals surface area contributed by atoms with Crippen LogP contribution in [-0.4, -0.2) is 14.7 Å². The van der Waals surface area contributed by atoms with Gasteiger partial charge in [-0.25, -0.2) is 0 Å². The van der Waals surface area contributed by atoms with Crippen LogP contribution in [0.4, 0.5) is 0 Å². The molecule has 5 heteroatoms. The van der Waals surface area contributed by atoms with E-state index in [9.17, 15) is 0 Å². The molecule has 0 unspecified atom stereocenters. The summed E-state index contributed by atoms with van der Waals surface area (Å²) in [6.07, 6.45) is 0. The van der Waals surface area contributed by atoms with E-state index in [4.69, 9.17) is 14.7 Å². The first-order chi connectivity index (χ1) is 6.06. The summed E-state index contributed by atoms with van der Waals surface area (Å²) >= 11 is 1.36. The van der Waals surface area contributed by atoms with Gasteiger partial charge in [-0.3, -0.25) is 0 Å². The van der Waals surface area contributed by atoms with Crippen molar-refractivity contribution in [2.45, 2.75) is 11.9 Å². The zero-order valence-electron chi connectivity index (χ0n) is 7.51. The second-order valence-corrected chi connectivity index (χ2v) is 4.09. The molecule has 0 aliphatic carbocycles. The third-order valence-electron chi connectivity index (χ3n) is 1.41. The van der Waals surface area contributed by atoms with Crippen LogP contribution in [0.15, 0.2) is 24.3 Å². The van der Waals surface area contributed by atoms with Gasteiger partial charge in [0, 0.05) is 0 Å². The summed E-state index contributed by atoms with van der Waals surface area (Å²) in [5, 5.41) is 1.26. The van der Waals surface area contributed by atoms with E-state index in [1.807, 2.05) is 0 Å². The van der Waals surface area contributed by atoms with Crippen molar-refractivity contribution in [3.05, 3.63) is 35.4 Å². The second kappa shape index (κ2) is 7.55. The summed E-state index contributed by atoms with van der Waals surface area (Å²) in [6, 6.07) is 8.76. The van der Waals surface area contributed by atoms with Crippen LogP contribution in [0.1, 0.15) is 11.1 Å². The predicted molar refractivity (Wildman–Crippen MR) is 48.5 cm³/mol. The minimum Gasteiger partial charge on any atom is -0.328 e. The van der Waals surface area contributed by atoms with Crippen molar-refractivity contribution in [3.63, 3.8) is 0 Å². The molecule has 3 N–H and O–H groups in total. The third kappa shape index (κ3) is 8.48. The number of hydrogen-bond acceptors (Lipinski definition) is 3. The molecule has 0 aliphatic rings. The van der Waals surface area contributed by atoms with E-state index in [0.29, 0.717) is 0 Å². The van der Waals surface area contributed by atoms with Gasteiger partial charge in [-0.15, -0.1) is 0 Å². The van der Waals surface area contributed by atoms with Gasteiger partial charge in [0.2, 0.25) is 0 Å². The fraction of sp³-hybridized carbons (Fsp3) is 0.250. The van der Waals surface area contributed by atoms with Crippen molar-refractivity contribution in [2.24, 2.45) is 0 Å². The summed E-state index contributed by atoms with van der Waals surface area (Å²) in [5.41, 5.74) is 2.83. The number of benzene rings is 1. The first-order valence-corrected chi connectivity index (χ1v) is 7.07. The topological polar surface area (TPSA) is 60.7 Å². The Kier molecular flexibility index (Phi) is 7.64. The van der Waals surface area contributed by atoms with E-state index in [0.717, 1.165) is 0 Å². The largest absolute Gasteiger partial charge is 0.328 e. The van der Waals surface area contributed by atoms with Gasteiger partial charge in [0.1, 0.15) is 0 Å². The van der Waals surface area contributed by atoms with Gasteiger partial charge in [0.15, 0.2) is 0 Å². The average Bonchev–Trinajstić information content (AvgIpc) is 2.05. The molecule has 1 aromatic rings. The molecule has 0 fully saturated rings. The monoisotopic (exact) mass is 251 g/mol. The maximum Gasteiger partial charge on any atom is 0.324 e. The molecule has 69 valence electrons. The minimum absolute atomic E-state index is 1.26. The molecule has 0 aliphatic heterocycles. The Morgan fingerprint density at radius 3 is 1.85 bits per heavy atom. The molecule has 0 heterocycles. The summed E-state index contributed by atoms with van der Waals surface area (Å²) in [5.74, 6) is 0. The smallest absolute Gasteiger partial charge is 0.324 e. The fourth-order valence-electron chi connectivity index (χ4n) is 0.755. The van der Waals surface area contributed by atoms with Crippen molar-refractivity contribution in [1.82, 2.24) is 0 Å².